The molecule has 3 rings (SSSR count). The summed E-state index contributed by atoms with van der Waals surface area (Å²) in [6.07, 6.45) is 2.27. The summed E-state index contributed by atoms with van der Waals surface area (Å²) in [5.41, 5.74) is 0.950. The largest absolute Gasteiger partial charge is 0.350 e. The van der Waals surface area contributed by atoms with Gasteiger partial charge in [-0.3, -0.25) is 9.79 Å². The Labute approximate surface area is 192 Å². The molecule has 2 aromatic rings. The van der Waals surface area contributed by atoms with E-state index in [1.165, 1.54) is 4.88 Å². The zero-order chi connectivity index (χ0) is 19.2. The molecule has 0 aliphatic carbocycles. The molecular weight excluding hydrogens is 509 g/mol. The summed E-state index contributed by atoms with van der Waals surface area (Å²) in [5, 5.41) is 5.07. The Morgan fingerprint density at radius 2 is 2.00 bits per heavy atom. The molecular formula is C19H25ClIN5OS. The second-order valence-corrected chi connectivity index (χ2v) is 8.20. The minimum absolute atomic E-state index is 0. The molecule has 1 aromatic heterocycles. The van der Waals surface area contributed by atoms with Crippen LogP contribution in [0.15, 0.2) is 35.5 Å². The van der Waals surface area contributed by atoms with Crippen molar-refractivity contribution in [1.29, 1.82) is 0 Å². The van der Waals surface area contributed by atoms with Crippen LogP contribution in [0.4, 0.5) is 0 Å². The highest BCUT2D eigenvalue weighted by Crippen LogP contribution is 2.13. The molecule has 1 aromatic carbocycles. The molecule has 1 aliphatic rings. The Balaban J connectivity index is 0.00000280. The molecule has 0 atom stereocenters. The van der Waals surface area contributed by atoms with Crippen LogP contribution in [-0.2, 0) is 17.8 Å². The van der Waals surface area contributed by atoms with E-state index >= 15 is 0 Å². The molecule has 0 spiro atoms. The summed E-state index contributed by atoms with van der Waals surface area (Å²) in [6, 6.07) is 7.48. The van der Waals surface area contributed by atoms with Crippen molar-refractivity contribution in [3.05, 3.63) is 50.9 Å². The van der Waals surface area contributed by atoms with Gasteiger partial charge in [0.15, 0.2) is 5.96 Å². The van der Waals surface area contributed by atoms with E-state index in [0.717, 1.165) is 29.6 Å². The summed E-state index contributed by atoms with van der Waals surface area (Å²) >= 11 is 7.69. The van der Waals surface area contributed by atoms with Crippen molar-refractivity contribution in [2.24, 2.45) is 4.99 Å². The molecule has 0 bridgehead atoms. The maximum Gasteiger partial charge on any atom is 0.227 e. The van der Waals surface area contributed by atoms with Gasteiger partial charge in [-0.1, -0.05) is 23.7 Å². The average molecular weight is 534 g/mol. The van der Waals surface area contributed by atoms with Crippen LogP contribution >= 0.6 is 46.9 Å². The Bertz CT molecular complexity index is 820. The van der Waals surface area contributed by atoms with Gasteiger partial charge in [0.2, 0.25) is 5.91 Å². The molecule has 28 heavy (non-hydrogen) atoms. The number of rotatable bonds is 4. The van der Waals surface area contributed by atoms with E-state index in [0.29, 0.717) is 31.1 Å². The number of carbonyl (C=O) groups excluding carboxylic acids is 1. The fraction of sp³-hybridized carbons (Fsp3) is 0.421. The maximum atomic E-state index is 12.5. The van der Waals surface area contributed by atoms with Gasteiger partial charge in [-0.25, -0.2) is 4.98 Å². The van der Waals surface area contributed by atoms with Gasteiger partial charge in [0, 0.05) is 49.3 Å². The van der Waals surface area contributed by atoms with E-state index in [-0.39, 0.29) is 29.9 Å². The quantitative estimate of drug-likeness (QED) is 0.373. The summed E-state index contributed by atoms with van der Waals surface area (Å²) in [6.45, 7) is 5.62. The van der Waals surface area contributed by atoms with Gasteiger partial charge in [0.1, 0.15) is 5.01 Å². The van der Waals surface area contributed by atoms with Crippen molar-refractivity contribution in [2.45, 2.75) is 19.9 Å². The lowest BCUT2D eigenvalue weighted by Crippen LogP contribution is -2.53. The number of nitrogens with zero attached hydrogens (tertiary/aromatic N) is 4. The SMILES string of the molecule is CN=C(NCc1ncc(C)s1)N1CCN(C(=O)Cc2cccc(Cl)c2)CC1.I. The third-order valence-corrected chi connectivity index (χ3v) is 5.60. The highest BCUT2D eigenvalue weighted by Gasteiger charge is 2.23. The monoisotopic (exact) mass is 533 g/mol. The van der Waals surface area contributed by atoms with Crippen LogP contribution in [-0.4, -0.2) is 59.9 Å². The number of aromatic nitrogens is 1. The fourth-order valence-electron chi connectivity index (χ4n) is 3.07. The first-order valence-electron chi connectivity index (χ1n) is 8.94. The van der Waals surface area contributed by atoms with E-state index in [2.05, 4.69) is 27.1 Å². The number of hydrogen-bond acceptors (Lipinski definition) is 4. The Kier molecular flexibility index (Phi) is 8.97. The van der Waals surface area contributed by atoms with Crippen molar-refractivity contribution in [1.82, 2.24) is 20.1 Å². The molecule has 9 heteroatoms. The molecule has 0 unspecified atom stereocenters. The normalized spacial score (nSPS) is 14.6. The van der Waals surface area contributed by atoms with Crippen molar-refractivity contribution in [3.63, 3.8) is 0 Å². The minimum atomic E-state index is 0. The van der Waals surface area contributed by atoms with Crippen molar-refractivity contribution in [2.75, 3.05) is 33.2 Å². The van der Waals surface area contributed by atoms with E-state index in [9.17, 15) is 4.79 Å². The molecule has 2 heterocycles. The van der Waals surface area contributed by atoms with Gasteiger partial charge < -0.3 is 15.1 Å². The first-order valence-corrected chi connectivity index (χ1v) is 10.1. The minimum Gasteiger partial charge on any atom is -0.350 e. The molecule has 152 valence electrons. The molecule has 1 fully saturated rings. The molecule has 1 saturated heterocycles. The zero-order valence-corrected chi connectivity index (χ0v) is 19.9. The van der Waals surface area contributed by atoms with Crippen molar-refractivity contribution in [3.8, 4) is 0 Å². The highest BCUT2D eigenvalue weighted by atomic mass is 127. The van der Waals surface area contributed by atoms with Crippen LogP contribution in [0, 0.1) is 6.92 Å². The van der Waals surface area contributed by atoms with Crippen molar-refractivity contribution < 1.29 is 4.79 Å². The van der Waals surface area contributed by atoms with Gasteiger partial charge in [-0.05, 0) is 24.6 Å². The van der Waals surface area contributed by atoms with Crippen LogP contribution in [0.1, 0.15) is 15.4 Å². The molecule has 1 N–H and O–H groups in total. The third-order valence-electron chi connectivity index (χ3n) is 4.45. The molecule has 0 radical (unpaired) electrons. The Morgan fingerprint density at radius 1 is 1.29 bits per heavy atom. The van der Waals surface area contributed by atoms with Gasteiger partial charge in [0.25, 0.3) is 0 Å². The number of piperazine rings is 1. The number of hydrogen-bond donors (Lipinski definition) is 1. The summed E-state index contributed by atoms with van der Waals surface area (Å²) in [7, 11) is 1.78. The standard InChI is InChI=1S/C19H24ClN5OS.HI/c1-14-12-22-17(27-14)13-23-19(21-2)25-8-6-24(7-9-25)18(26)11-15-4-3-5-16(20)10-15;/h3-5,10,12H,6-9,11,13H2,1-2H3,(H,21,23);1H. The number of amides is 1. The second kappa shape index (κ2) is 11.0. The Hall–Kier alpha value is -1.39. The predicted molar refractivity (Wildman–Crippen MR) is 126 cm³/mol. The van der Waals surface area contributed by atoms with Crippen LogP contribution in [0.25, 0.3) is 0 Å². The zero-order valence-electron chi connectivity index (χ0n) is 16.0. The van der Waals surface area contributed by atoms with Gasteiger partial charge in [0.05, 0.1) is 13.0 Å². The number of nitrogens with one attached hydrogen (secondary N) is 1. The van der Waals surface area contributed by atoms with Crippen LogP contribution in [0.5, 0.6) is 0 Å². The fourth-order valence-corrected chi connectivity index (χ4v) is 4.01. The first kappa shape index (κ1) is 22.9. The summed E-state index contributed by atoms with van der Waals surface area (Å²) < 4.78 is 0. The smallest absolute Gasteiger partial charge is 0.227 e. The van der Waals surface area contributed by atoms with E-state index in [1.807, 2.05) is 35.4 Å². The second-order valence-electron chi connectivity index (χ2n) is 6.44. The number of benzene rings is 1. The van der Waals surface area contributed by atoms with Crippen molar-refractivity contribution >= 4 is 58.8 Å². The number of halogens is 2. The van der Waals surface area contributed by atoms with E-state index < -0.39 is 0 Å². The third kappa shape index (κ3) is 6.31. The predicted octanol–water partition coefficient (Wildman–Crippen LogP) is 3.19. The van der Waals surface area contributed by atoms with Crippen LogP contribution < -0.4 is 5.32 Å². The highest BCUT2D eigenvalue weighted by molar-refractivity contribution is 14.0. The van der Waals surface area contributed by atoms with E-state index in [1.54, 1.807) is 18.4 Å². The summed E-state index contributed by atoms with van der Waals surface area (Å²) in [4.78, 5) is 26.6. The van der Waals surface area contributed by atoms with Gasteiger partial charge >= 0.3 is 0 Å². The van der Waals surface area contributed by atoms with Gasteiger partial charge in [-0.2, -0.15) is 0 Å². The number of aliphatic imine (C=N–C) groups is 1. The van der Waals surface area contributed by atoms with Gasteiger partial charge in [-0.15, -0.1) is 35.3 Å². The molecule has 1 amide bonds. The first-order chi connectivity index (χ1) is 13.0. The topological polar surface area (TPSA) is 60.8 Å². The summed E-state index contributed by atoms with van der Waals surface area (Å²) in [5.74, 6) is 0.989. The van der Waals surface area contributed by atoms with Crippen LogP contribution in [0.2, 0.25) is 5.02 Å². The molecule has 6 nitrogen and oxygen atoms in total. The lowest BCUT2D eigenvalue weighted by atomic mass is 10.1. The van der Waals surface area contributed by atoms with Crippen LogP contribution in [0.3, 0.4) is 0 Å². The maximum absolute atomic E-state index is 12.5. The number of guanidine groups is 1. The lowest BCUT2D eigenvalue weighted by Gasteiger charge is -2.36. The number of carbonyl (C=O) groups is 1. The lowest BCUT2D eigenvalue weighted by molar-refractivity contribution is -0.131. The molecule has 1 aliphatic heterocycles. The average Bonchev–Trinajstić information content (AvgIpc) is 3.08. The Morgan fingerprint density at radius 3 is 2.61 bits per heavy atom. The molecule has 0 saturated carbocycles. The number of aryl methyl sites for hydroxylation is 1. The number of thiazole rings is 1. The van der Waals surface area contributed by atoms with E-state index in [4.69, 9.17) is 11.6 Å².